The fourth-order valence-corrected chi connectivity index (χ4v) is 10.2. The second kappa shape index (κ2) is 29.5. The lowest BCUT2D eigenvalue weighted by molar-refractivity contribution is -0.144. The maximum absolute atomic E-state index is 12.2. The van der Waals surface area contributed by atoms with Crippen LogP contribution in [0.25, 0.3) is 0 Å². The zero-order valence-electron chi connectivity index (χ0n) is 26.7. The summed E-state index contributed by atoms with van der Waals surface area (Å²) < 4.78 is 0.160. The van der Waals surface area contributed by atoms with Gasteiger partial charge in [0, 0.05) is 37.3 Å². The van der Waals surface area contributed by atoms with Gasteiger partial charge in [-0.1, -0.05) is 85.8 Å². The van der Waals surface area contributed by atoms with E-state index in [0.29, 0.717) is 32.2 Å². The van der Waals surface area contributed by atoms with Gasteiger partial charge in [-0.05, 0) is 60.1 Å². The SMILES string of the molecule is N[C@@H](CCCCNC(=O)CC[C@H](CC(=O)CCCCCCCCCCCCCCC(=O)O)C(=O)O)C(=O)O.SCSSC1(S)SS1. The molecule has 1 amide bonds. The number of carboxylic acids is 3. The average Bonchev–Trinajstić information content (AvgIpc) is 3.74. The molecule has 16 heteroatoms. The van der Waals surface area contributed by atoms with Crippen LogP contribution in [0.15, 0.2) is 0 Å². The van der Waals surface area contributed by atoms with Gasteiger partial charge in [-0.3, -0.25) is 24.0 Å². The molecule has 0 aliphatic carbocycles. The molecule has 1 aliphatic heterocycles. The van der Waals surface area contributed by atoms with E-state index in [4.69, 9.17) is 15.9 Å². The third-order valence-electron chi connectivity index (χ3n) is 7.16. The smallest absolute Gasteiger partial charge is 0.320 e. The minimum absolute atomic E-state index is 0.0314. The number of amides is 1. The predicted molar refractivity (Wildman–Crippen MR) is 201 cm³/mol. The third kappa shape index (κ3) is 29.7. The van der Waals surface area contributed by atoms with Gasteiger partial charge >= 0.3 is 17.9 Å². The lowest BCUT2D eigenvalue weighted by Crippen LogP contribution is -2.30. The van der Waals surface area contributed by atoms with Crippen molar-refractivity contribution < 1.29 is 39.3 Å². The molecule has 0 unspecified atom stereocenters. The summed E-state index contributed by atoms with van der Waals surface area (Å²) >= 11 is 8.38. The van der Waals surface area contributed by atoms with Gasteiger partial charge in [0.15, 0.2) is 2.74 Å². The van der Waals surface area contributed by atoms with E-state index >= 15 is 0 Å². The van der Waals surface area contributed by atoms with Gasteiger partial charge in [0.25, 0.3) is 0 Å². The average molecular weight is 763 g/mol. The molecule has 0 saturated carbocycles. The van der Waals surface area contributed by atoms with E-state index in [-0.39, 0.29) is 40.1 Å². The van der Waals surface area contributed by atoms with Crippen LogP contribution in [0.4, 0.5) is 0 Å². The fourth-order valence-electron chi connectivity index (χ4n) is 4.45. The zero-order valence-corrected chi connectivity index (χ0v) is 31.8. The Morgan fingerprint density at radius 3 is 1.70 bits per heavy atom. The summed E-state index contributed by atoms with van der Waals surface area (Å²) in [5.41, 5.74) is 5.42. The molecule has 1 fully saturated rings. The number of aliphatic carboxylic acids is 3. The number of unbranched alkanes of at least 4 members (excludes halogenated alkanes) is 12. The van der Waals surface area contributed by atoms with Crippen LogP contribution in [0.2, 0.25) is 0 Å². The first kappa shape index (κ1) is 45.6. The van der Waals surface area contributed by atoms with E-state index in [1.807, 2.05) is 0 Å². The van der Waals surface area contributed by atoms with Gasteiger partial charge in [0.05, 0.1) is 5.92 Å². The lowest BCUT2D eigenvalue weighted by atomic mass is 9.94. The molecule has 10 nitrogen and oxygen atoms in total. The highest BCUT2D eigenvalue weighted by Gasteiger charge is 2.43. The number of nitrogens with one attached hydrogen (secondary N) is 1. The first-order valence-corrected chi connectivity index (χ1v) is 21.7. The van der Waals surface area contributed by atoms with Crippen LogP contribution in [0.5, 0.6) is 0 Å². The molecule has 0 spiro atoms. The molecule has 0 bridgehead atoms. The molecule has 2 atom stereocenters. The molecule has 46 heavy (non-hydrogen) atoms. The van der Waals surface area contributed by atoms with Crippen LogP contribution in [0, 0.1) is 5.92 Å². The van der Waals surface area contributed by atoms with Crippen LogP contribution >= 0.6 is 68.4 Å². The number of Topliss-reactive ketones (excluding diaryl/α,β-unsaturated/α-hetero) is 1. The van der Waals surface area contributed by atoms with Gasteiger partial charge in [-0.2, -0.15) is 12.6 Å². The molecule has 1 aliphatic rings. The number of thiol groups is 2. The predicted octanol–water partition coefficient (Wildman–Crippen LogP) is 7.86. The van der Waals surface area contributed by atoms with Crippen molar-refractivity contribution in [3.8, 4) is 0 Å². The Morgan fingerprint density at radius 1 is 0.717 bits per heavy atom. The Bertz CT molecular complexity index is 882. The van der Waals surface area contributed by atoms with E-state index in [0.717, 1.165) is 56.5 Å². The highest BCUT2D eigenvalue weighted by atomic mass is 33.2. The zero-order chi connectivity index (χ0) is 34.6. The normalized spacial score (nSPS) is 14.4. The summed E-state index contributed by atoms with van der Waals surface area (Å²) in [5.74, 6) is -4.04. The molecule has 0 radical (unpaired) electrons. The maximum Gasteiger partial charge on any atom is 0.320 e. The number of hydrogen-bond acceptors (Lipinski definition) is 12. The number of hydrogen-bond donors (Lipinski definition) is 7. The maximum atomic E-state index is 12.2. The van der Waals surface area contributed by atoms with E-state index in [9.17, 15) is 29.1 Å². The number of nitrogens with two attached hydrogens (primary N) is 1. The monoisotopic (exact) mass is 762 g/mol. The molecule has 0 aromatic rings. The van der Waals surface area contributed by atoms with Crippen molar-refractivity contribution >= 4 is 98.0 Å². The Hall–Kier alpha value is -0.390. The van der Waals surface area contributed by atoms with Crippen LogP contribution in [-0.2, 0) is 24.0 Å². The van der Waals surface area contributed by atoms with Crippen molar-refractivity contribution in [1.29, 1.82) is 0 Å². The van der Waals surface area contributed by atoms with Crippen molar-refractivity contribution in [1.82, 2.24) is 5.32 Å². The van der Waals surface area contributed by atoms with E-state index in [1.165, 1.54) is 25.7 Å². The second-order valence-corrected chi connectivity index (χ2v) is 19.4. The van der Waals surface area contributed by atoms with Crippen molar-refractivity contribution in [3.05, 3.63) is 0 Å². The highest BCUT2D eigenvalue weighted by molar-refractivity contribution is 9.07. The first-order chi connectivity index (χ1) is 21.9. The summed E-state index contributed by atoms with van der Waals surface area (Å²) in [6.45, 7) is 0.373. The molecular formula is C30H54N2O8S6. The minimum Gasteiger partial charge on any atom is -0.481 e. The van der Waals surface area contributed by atoms with Crippen LogP contribution in [0.3, 0.4) is 0 Å². The first-order valence-electron chi connectivity index (χ1n) is 16.1. The van der Waals surface area contributed by atoms with Crippen LogP contribution in [-0.4, -0.2) is 65.3 Å². The minimum atomic E-state index is -1.06. The Labute approximate surface area is 301 Å². The van der Waals surface area contributed by atoms with E-state index < -0.39 is 29.9 Å². The summed E-state index contributed by atoms with van der Waals surface area (Å²) in [4.78, 5) is 56.8. The van der Waals surface area contributed by atoms with Crippen LogP contribution in [0.1, 0.15) is 128 Å². The van der Waals surface area contributed by atoms with Crippen molar-refractivity contribution in [2.75, 3.05) is 11.6 Å². The Morgan fingerprint density at radius 2 is 1.24 bits per heavy atom. The second-order valence-electron chi connectivity index (χ2n) is 11.3. The lowest BCUT2D eigenvalue weighted by Gasteiger charge is -2.12. The topological polar surface area (TPSA) is 184 Å². The summed E-state index contributed by atoms with van der Waals surface area (Å²) in [5, 5.41) is 30.3. The van der Waals surface area contributed by atoms with Gasteiger partial charge in [-0.25, -0.2) is 0 Å². The molecule has 1 rings (SSSR count). The van der Waals surface area contributed by atoms with Gasteiger partial charge in [-0.15, -0.1) is 12.6 Å². The Kier molecular flexibility index (Phi) is 29.3. The highest BCUT2D eigenvalue weighted by Crippen LogP contribution is 2.75. The summed E-state index contributed by atoms with van der Waals surface area (Å²) in [7, 11) is 7.11. The molecule has 6 N–H and O–H groups in total. The van der Waals surface area contributed by atoms with Crippen molar-refractivity contribution in [2.45, 2.75) is 137 Å². The number of carbonyl (C=O) groups excluding carboxylic acids is 2. The van der Waals surface area contributed by atoms with E-state index in [2.05, 4.69) is 30.6 Å². The van der Waals surface area contributed by atoms with Gasteiger partial charge in [0.1, 0.15) is 11.8 Å². The molecule has 1 saturated heterocycles. The van der Waals surface area contributed by atoms with Crippen molar-refractivity contribution in [2.24, 2.45) is 11.7 Å². The van der Waals surface area contributed by atoms with Crippen LogP contribution < -0.4 is 11.1 Å². The quantitative estimate of drug-likeness (QED) is 0.0124. The summed E-state index contributed by atoms with van der Waals surface area (Å²) in [6.07, 6.45) is 14.9. The molecule has 268 valence electrons. The third-order valence-corrected chi connectivity index (χ3v) is 16.1. The number of carbonyl (C=O) groups is 5. The van der Waals surface area contributed by atoms with E-state index in [1.54, 1.807) is 43.2 Å². The standard InChI is InChI=1S/C28H50N2O8.C2H4S6/c29-24(28(37)38)16-13-14-20-30-25(32)19-18-22(27(35)36)21-23(31)15-11-9-7-5-3-1-2-4-6-8-10-12-17-26(33)34;3-1-5-6-2(4)7-8-2/h22,24H,1-21,29H2,(H,30,32)(H,33,34)(H,35,36)(H,37,38);3-4H,1H2/t22-,24+;/m1./s1. The molecule has 0 aromatic carbocycles. The van der Waals surface area contributed by atoms with Gasteiger partial charge < -0.3 is 26.4 Å². The number of rotatable bonds is 30. The fraction of sp³-hybridized carbons (Fsp3) is 0.833. The molecule has 1 heterocycles. The Balaban J connectivity index is 0.00000218. The largest absolute Gasteiger partial charge is 0.481 e. The summed E-state index contributed by atoms with van der Waals surface area (Å²) in [6, 6.07) is -0.907. The number of carboxylic acid groups (broad SMARTS) is 3. The molecule has 0 aromatic heterocycles. The molecular weight excluding hydrogens is 709 g/mol. The van der Waals surface area contributed by atoms with Gasteiger partial charge in [0.2, 0.25) is 5.91 Å². The van der Waals surface area contributed by atoms with Crippen molar-refractivity contribution in [3.63, 3.8) is 0 Å². The number of ketones is 1.